The van der Waals surface area contributed by atoms with Crippen LogP contribution in [-0.4, -0.2) is 112 Å². The maximum Gasteiger partial charge on any atom is 0.335 e. The van der Waals surface area contributed by atoms with Crippen molar-refractivity contribution in [1.82, 2.24) is 15.1 Å². The molecule has 1 aromatic rings. The van der Waals surface area contributed by atoms with Gasteiger partial charge in [0.25, 0.3) is 0 Å². The van der Waals surface area contributed by atoms with Crippen molar-refractivity contribution in [3.8, 4) is 0 Å². The van der Waals surface area contributed by atoms with E-state index in [1.165, 1.54) is 37.7 Å². The lowest BCUT2D eigenvalue weighted by molar-refractivity contribution is -0.227. The highest BCUT2D eigenvalue weighted by molar-refractivity contribution is 7.91. The van der Waals surface area contributed by atoms with Crippen LogP contribution < -0.4 is 5.32 Å². The molecule has 58 heavy (non-hydrogen) atoms. The first-order valence-electron chi connectivity index (χ1n) is 22.8. The van der Waals surface area contributed by atoms with Crippen LogP contribution in [0.15, 0.2) is 30.3 Å². The summed E-state index contributed by atoms with van der Waals surface area (Å²) in [7, 11) is -5.86. The number of nitrogens with one attached hydrogen (secondary N) is 1. The first-order chi connectivity index (χ1) is 27.1. The zero-order valence-electron chi connectivity index (χ0n) is 37.0. The number of hydrogen-bond acceptors (Lipinski definition) is 8. The van der Waals surface area contributed by atoms with Crippen LogP contribution in [0.4, 0.5) is 0 Å². The van der Waals surface area contributed by atoms with Gasteiger partial charge in [-0.1, -0.05) is 73.6 Å². The van der Waals surface area contributed by atoms with Gasteiger partial charge in [0, 0.05) is 51.4 Å². The molecule has 7 rings (SSSR count). The van der Waals surface area contributed by atoms with Crippen LogP contribution in [0.25, 0.3) is 5.57 Å². The lowest BCUT2D eigenvalue weighted by atomic mass is 9.32. The summed E-state index contributed by atoms with van der Waals surface area (Å²) in [6.07, 6.45) is 11.9. The zero-order valence-corrected chi connectivity index (χ0v) is 38.6. The molecule has 6 aliphatic rings. The van der Waals surface area contributed by atoms with Crippen molar-refractivity contribution in [1.29, 1.82) is 0 Å². The SMILES string of the molecule is CC[C@]1(NCCN2CCS(=O)(=O)CC2)CC[C@]2(C)[C@H](CC[C@@H]3[C@@]4(C)CC=C(c5ccc(C(=O)O)cc5)C(C)(C)[C@@H]4CC[C@]32C)[C@H]1[C@@H](C)C(C)CN1CCS(=O)(=O)CC1. The maximum absolute atomic E-state index is 12.3. The summed E-state index contributed by atoms with van der Waals surface area (Å²) in [4.78, 5) is 16.4. The molecule has 0 radical (unpaired) electrons. The summed E-state index contributed by atoms with van der Waals surface area (Å²) >= 11 is 0. The Labute approximate surface area is 351 Å². The van der Waals surface area contributed by atoms with E-state index in [9.17, 15) is 26.7 Å². The third-order valence-corrected chi connectivity index (χ3v) is 21.8. The molecule has 2 aliphatic heterocycles. The van der Waals surface area contributed by atoms with Gasteiger partial charge in [-0.15, -0.1) is 0 Å². The van der Waals surface area contributed by atoms with Gasteiger partial charge in [0.2, 0.25) is 0 Å². The van der Waals surface area contributed by atoms with Crippen molar-refractivity contribution in [2.75, 3.05) is 68.8 Å². The van der Waals surface area contributed by atoms with Gasteiger partial charge in [0.05, 0.1) is 28.6 Å². The maximum atomic E-state index is 12.3. The number of carboxylic acids is 1. The minimum absolute atomic E-state index is 0.0179. The molecule has 3 saturated carbocycles. The molecule has 0 spiro atoms. The topological polar surface area (TPSA) is 124 Å². The van der Waals surface area contributed by atoms with Crippen molar-refractivity contribution >= 4 is 31.2 Å². The summed E-state index contributed by atoms with van der Waals surface area (Å²) in [5.41, 5.74) is 3.32. The van der Waals surface area contributed by atoms with Gasteiger partial charge in [-0.25, -0.2) is 21.6 Å². The smallest absolute Gasteiger partial charge is 0.335 e. The molecule has 10 atom stereocenters. The Morgan fingerprint density at radius 3 is 2.00 bits per heavy atom. The van der Waals surface area contributed by atoms with E-state index in [0.29, 0.717) is 67.2 Å². The number of nitrogens with zero attached hydrogens (tertiary/aromatic N) is 2. The van der Waals surface area contributed by atoms with Crippen LogP contribution >= 0.6 is 0 Å². The quantitative estimate of drug-likeness (QED) is 0.233. The van der Waals surface area contributed by atoms with Crippen LogP contribution in [-0.2, 0) is 19.7 Å². The third kappa shape index (κ3) is 7.70. The molecule has 4 aliphatic carbocycles. The second kappa shape index (κ2) is 15.8. The van der Waals surface area contributed by atoms with Gasteiger partial charge in [0.1, 0.15) is 0 Å². The number of rotatable bonds is 11. The molecule has 2 N–H and O–H groups in total. The van der Waals surface area contributed by atoms with Gasteiger partial charge < -0.3 is 20.2 Å². The van der Waals surface area contributed by atoms with E-state index in [0.717, 1.165) is 44.5 Å². The van der Waals surface area contributed by atoms with E-state index >= 15 is 0 Å². The monoisotopic (exact) mass is 842 g/mol. The number of sulfone groups is 2. The molecular weight excluding hydrogens is 767 g/mol. The number of carboxylic acid groups (broad SMARTS) is 1. The Hall–Kier alpha value is -1.79. The van der Waals surface area contributed by atoms with E-state index in [1.54, 1.807) is 12.1 Å². The van der Waals surface area contributed by atoms with Crippen molar-refractivity contribution in [3.05, 3.63) is 41.5 Å². The Kier molecular flexibility index (Phi) is 12.1. The first kappa shape index (κ1) is 44.3. The summed E-state index contributed by atoms with van der Waals surface area (Å²) in [5, 5.41) is 13.8. The zero-order chi connectivity index (χ0) is 42.1. The Balaban J connectivity index is 1.18. The van der Waals surface area contributed by atoms with Gasteiger partial charge >= 0.3 is 5.97 Å². The number of carbonyl (C=O) groups is 1. The summed E-state index contributed by atoms with van der Waals surface area (Å²) in [6, 6.07) is 7.54. The van der Waals surface area contributed by atoms with Gasteiger partial charge in [0.15, 0.2) is 19.7 Å². The molecular formula is C47H75N3O6S2. The van der Waals surface area contributed by atoms with E-state index in [2.05, 4.69) is 76.6 Å². The largest absolute Gasteiger partial charge is 0.478 e. The van der Waals surface area contributed by atoms with Crippen LogP contribution in [0.2, 0.25) is 0 Å². The highest BCUT2D eigenvalue weighted by Crippen LogP contribution is 2.76. The standard InChI is InChI=1S/C47H75N3O6S2/c1-9-47(48-22-23-49-24-28-57(53,54)29-25-49)21-20-45(7)38(41(47)34(3)33(2)32-50-26-30-58(55,56)31-27-50)14-15-40-44(6)18-16-37(35-10-12-36(13-11-35)42(51)52)43(4,5)39(44)17-19-46(40,45)8/h10-13,16,33-34,38-41,48H,9,14-15,17-32H2,1-8H3,(H,51,52)/t33?,34-,38+,39-,40+,41+,44-,45+,46+,47-/m0/s1. The summed E-state index contributed by atoms with van der Waals surface area (Å²) in [6.45, 7) is 25.4. The number of aromatic carboxylic acids is 1. The summed E-state index contributed by atoms with van der Waals surface area (Å²) < 4.78 is 49.1. The Morgan fingerprint density at radius 1 is 0.810 bits per heavy atom. The highest BCUT2D eigenvalue weighted by Gasteiger charge is 2.69. The molecule has 5 fully saturated rings. The lowest BCUT2D eigenvalue weighted by Gasteiger charge is -2.73. The fourth-order valence-electron chi connectivity index (χ4n) is 14.9. The molecule has 0 aromatic heterocycles. The predicted octanol–water partition coefficient (Wildman–Crippen LogP) is 7.53. The molecule has 2 heterocycles. The number of fused-ring (bicyclic) bond motifs is 5. The predicted molar refractivity (Wildman–Crippen MR) is 235 cm³/mol. The van der Waals surface area contributed by atoms with E-state index < -0.39 is 25.6 Å². The van der Waals surface area contributed by atoms with Crippen LogP contribution in [0.1, 0.15) is 123 Å². The molecule has 0 bridgehead atoms. The normalized spacial score (nSPS) is 39.6. The minimum atomic E-state index is -2.94. The number of benzene rings is 1. The fraction of sp³-hybridized carbons (Fsp3) is 0.809. The van der Waals surface area contributed by atoms with E-state index in [4.69, 9.17) is 0 Å². The molecule has 1 aromatic carbocycles. The van der Waals surface area contributed by atoms with Crippen LogP contribution in [0, 0.1) is 57.2 Å². The number of allylic oxidation sites excluding steroid dienone is 2. The molecule has 0 amide bonds. The average Bonchev–Trinajstić information content (AvgIpc) is 3.16. The van der Waals surface area contributed by atoms with Crippen molar-refractivity contribution < 1.29 is 26.7 Å². The molecule has 9 nitrogen and oxygen atoms in total. The molecule has 2 saturated heterocycles. The van der Waals surface area contributed by atoms with Crippen LogP contribution in [0.3, 0.4) is 0 Å². The van der Waals surface area contributed by atoms with Gasteiger partial charge in [-0.3, -0.25) is 0 Å². The average molecular weight is 842 g/mol. The number of hydrogen-bond donors (Lipinski definition) is 2. The van der Waals surface area contributed by atoms with Crippen LogP contribution in [0.5, 0.6) is 0 Å². The van der Waals surface area contributed by atoms with E-state index in [1.807, 2.05) is 12.1 Å². The van der Waals surface area contributed by atoms with Gasteiger partial charge in [-0.2, -0.15) is 0 Å². The summed E-state index contributed by atoms with van der Waals surface area (Å²) in [5.74, 6) is 3.18. The highest BCUT2D eigenvalue weighted by atomic mass is 32.2. The Bertz CT molecular complexity index is 1920. The second-order valence-electron chi connectivity index (χ2n) is 21.3. The van der Waals surface area contributed by atoms with Crippen molar-refractivity contribution in [3.63, 3.8) is 0 Å². The third-order valence-electron chi connectivity index (χ3n) is 18.5. The second-order valence-corrected chi connectivity index (χ2v) is 25.9. The van der Waals surface area contributed by atoms with Crippen molar-refractivity contribution in [2.45, 2.75) is 112 Å². The van der Waals surface area contributed by atoms with Crippen molar-refractivity contribution in [2.24, 2.45) is 57.2 Å². The molecule has 11 heteroatoms. The van der Waals surface area contributed by atoms with E-state index in [-0.39, 0.29) is 50.2 Å². The molecule has 1 unspecified atom stereocenters. The lowest BCUT2D eigenvalue weighted by Crippen LogP contribution is -2.69. The molecule has 326 valence electrons. The Morgan fingerprint density at radius 2 is 1.41 bits per heavy atom. The fourth-order valence-corrected chi connectivity index (χ4v) is 17.4. The minimum Gasteiger partial charge on any atom is -0.478 e. The first-order valence-corrected chi connectivity index (χ1v) is 26.4. The van der Waals surface area contributed by atoms with Gasteiger partial charge in [-0.05, 0) is 132 Å².